The van der Waals surface area contributed by atoms with Gasteiger partial charge in [-0.3, -0.25) is 0 Å². The van der Waals surface area contributed by atoms with Crippen LogP contribution in [0.1, 0.15) is 16.7 Å². The van der Waals surface area contributed by atoms with Crippen LogP contribution in [0.15, 0.2) is 36.5 Å². The number of hydrogen-bond acceptors (Lipinski definition) is 3. The molecule has 1 fully saturated rings. The van der Waals surface area contributed by atoms with E-state index in [1.165, 1.54) is 23.6 Å². The van der Waals surface area contributed by atoms with Crippen molar-refractivity contribution in [2.45, 2.75) is 11.0 Å². The Balaban J connectivity index is 1.82. The van der Waals surface area contributed by atoms with Crippen molar-refractivity contribution in [3.63, 3.8) is 0 Å². The average Bonchev–Trinajstić information content (AvgIpc) is 2.90. The van der Waals surface area contributed by atoms with Crippen molar-refractivity contribution in [1.82, 2.24) is 9.78 Å². The lowest BCUT2D eigenvalue weighted by Gasteiger charge is -2.18. The van der Waals surface area contributed by atoms with Crippen molar-refractivity contribution in [3.05, 3.63) is 47.2 Å². The Bertz CT molecular complexity index is 518. The van der Waals surface area contributed by atoms with Gasteiger partial charge in [0.2, 0.25) is 0 Å². The summed E-state index contributed by atoms with van der Waals surface area (Å²) in [6.45, 7) is 0. The smallest absolute Gasteiger partial charge is 0.0940 e. The van der Waals surface area contributed by atoms with Crippen LogP contribution in [-0.4, -0.2) is 21.3 Å². The molecule has 0 unspecified atom stereocenters. The van der Waals surface area contributed by atoms with Crippen molar-refractivity contribution < 1.29 is 0 Å². The Kier molecular flexibility index (Phi) is 3.87. The number of nitrogens with zero attached hydrogens (tertiary/aromatic N) is 2. The lowest BCUT2D eigenvalue weighted by Crippen LogP contribution is -2.02. The molecule has 0 radical (unpaired) electrons. The molecule has 0 aliphatic carbocycles. The molecule has 1 saturated heterocycles. The number of thioether (sulfide) groups is 2. The summed E-state index contributed by atoms with van der Waals surface area (Å²) in [6, 6.07) is 9.87. The molecule has 3 rings (SSSR count). The van der Waals surface area contributed by atoms with Gasteiger partial charge in [-0.15, -0.1) is 23.5 Å². The molecule has 1 aromatic carbocycles. The fraction of sp³-hybridized carbons (Fsp3) is 0.308. The predicted molar refractivity (Wildman–Crippen MR) is 80.8 cm³/mol. The van der Waals surface area contributed by atoms with Gasteiger partial charge in [-0.25, -0.2) is 4.68 Å². The van der Waals surface area contributed by atoms with Crippen LogP contribution in [0.4, 0.5) is 0 Å². The molecule has 1 aromatic heterocycles. The van der Waals surface area contributed by atoms with Crippen molar-refractivity contribution in [2.75, 3.05) is 11.5 Å². The highest BCUT2D eigenvalue weighted by Crippen LogP contribution is 2.42. The van der Waals surface area contributed by atoms with Crippen molar-refractivity contribution >= 4 is 35.1 Å². The molecule has 2 heterocycles. The van der Waals surface area contributed by atoms with E-state index in [1.807, 2.05) is 58.7 Å². The lowest BCUT2D eigenvalue weighted by atomic mass is 10.3. The van der Waals surface area contributed by atoms with Gasteiger partial charge in [0.1, 0.15) is 0 Å². The lowest BCUT2D eigenvalue weighted by molar-refractivity contribution is 0.856. The van der Waals surface area contributed by atoms with Crippen molar-refractivity contribution in [3.8, 4) is 5.69 Å². The van der Waals surface area contributed by atoms with Crippen molar-refractivity contribution in [1.29, 1.82) is 0 Å². The summed E-state index contributed by atoms with van der Waals surface area (Å²) in [7, 11) is 0. The number of rotatable bonds is 2. The first kappa shape index (κ1) is 12.5. The number of hydrogen-bond donors (Lipinski definition) is 0. The second-order valence-electron chi connectivity index (χ2n) is 4.09. The van der Waals surface area contributed by atoms with Crippen LogP contribution in [0.5, 0.6) is 0 Å². The molecule has 18 heavy (non-hydrogen) atoms. The van der Waals surface area contributed by atoms with Gasteiger partial charge in [0.05, 0.1) is 16.0 Å². The molecule has 1 aliphatic rings. The maximum atomic E-state index is 5.89. The van der Waals surface area contributed by atoms with Crippen LogP contribution in [0, 0.1) is 0 Å². The Morgan fingerprint density at radius 3 is 2.56 bits per heavy atom. The largest absolute Gasteiger partial charge is 0.241 e. The third kappa shape index (κ3) is 2.71. The second kappa shape index (κ2) is 5.59. The maximum absolute atomic E-state index is 5.89. The van der Waals surface area contributed by atoms with Gasteiger partial charge in [0.25, 0.3) is 0 Å². The van der Waals surface area contributed by atoms with E-state index in [9.17, 15) is 0 Å². The van der Waals surface area contributed by atoms with Gasteiger partial charge in [-0.1, -0.05) is 11.6 Å². The standard InChI is InChI=1S/C13H13ClN2S2/c14-10-2-4-11(5-3-10)16-7-6-12(15-16)13-17-8-1-9-18-13/h2-7,13H,1,8-9H2. The molecule has 2 aromatic rings. The zero-order chi connectivity index (χ0) is 12.4. The molecule has 1 aliphatic heterocycles. The minimum absolute atomic E-state index is 0.493. The topological polar surface area (TPSA) is 17.8 Å². The van der Waals surface area contributed by atoms with Gasteiger partial charge in [-0.2, -0.15) is 5.10 Å². The molecule has 0 atom stereocenters. The fourth-order valence-corrected chi connectivity index (χ4v) is 4.77. The van der Waals surface area contributed by atoms with E-state index in [2.05, 4.69) is 11.2 Å². The molecule has 94 valence electrons. The van der Waals surface area contributed by atoms with E-state index in [4.69, 9.17) is 11.6 Å². The van der Waals surface area contributed by atoms with E-state index < -0.39 is 0 Å². The SMILES string of the molecule is Clc1ccc(-n2ccc(C3SCCCS3)n2)cc1. The molecule has 0 amide bonds. The summed E-state index contributed by atoms with van der Waals surface area (Å²) in [5, 5.41) is 5.42. The Morgan fingerprint density at radius 1 is 1.11 bits per heavy atom. The average molecular weight is 297 g/mol. The summed E-state index contributed by atoms with van der Waals surface area (Å²) in [5.74, 6) is 2.48. The van der Waals surface area contributed by atoms with E-state index in [1.54, 1.807) is 0 Å². The predicted octanol–water partition coefficient (Wildman–Crippen LogP) is 4.39. The fourth-order valence-electron chi connectivity index (χ4n) is 1.86. The third-order valence-corrected chi connectivity index (χ3v) is 5.98. The van der Waals surface area contributed by atoms with Crippen molar-refractivity contribution in [2.24, 2.45) is 0 Å². The van der Waals surface area contributed by atoms with Gasteiger partial charge < -0.3 is 0 Å². The second-order valence-corrected chi connectivity index (χ2v) is 7.25. The van der Waals surface area contributed by atoms with Gasteiger partial charge in [0, 0.05) is 11.2 Å². The summed E-state index contributed by atoms with van der Waals surface area (Å²) < 4.78 is 2.41. The van der Waals surface area contributed by atoms with Gasteiger partial charge >= 0.3 is 0 Å². The molecule has 0 saturated carbocycles. The van der Waals surface area contributed by atoms with E-state index >= 15 is 0 Å². The van der Waals surface area contributed by atoms with Crippen LogP contribution in [-0.2, 0) is 0 Å². The number of aromatic nitrogens is 2. The zero-order valence-electron chi connectivity index (χ0n) is 9.75. The van der Waals surface area contributed by atoms with Crippen LogP contribution >= 0.6 is 35.1 Å². The normalized spacial score (nSPS) is 16.9. The maximum Gasteiger partial charge on any atom is 0.0940 e. The summed E-state index contributed by atoms with van der Waals surface area (Å²) in [5.41, 5.74) is 2.22. The highest BCUT2D eigenvalue weighted by molar-refractivity contribution is 8.16. The van der Waals surface area contributed by atoms with E-state index in [0.29, 0.717) is 4.58 Å². The number of benzene rings is 1. The third-order valence-electron chi connectivity index (χ3n) is 2.77. The minimum Gasteiger partial charge on any atom is -0.241 e. The highest BCUT2D eigenvalue weighted by Gasteiger charge is 2.19. The summed E-state index contributed by atoms with van der Waals surface area (Å²) >= 11 is 9.88. The Hall–Kier alpha value is -0.580. The Labute approximate surface area is 120 Å². The molecule has 2 nitrogen and oxygen atoms in total. The number of halogens is 1. The minimum atomic E-state index is 0.493. The molecular weight excluding hydrogens is 284 g/mol. The first-order valence-electron chi connectivity index (χ1n) is 5.88. The first-order chi connectivity index (χ1) is 8.83. The molecule has 5 heteroatoms. The van der Waals surface area contributed by atoms with Gasteiger partial charge in [0.15, 0.2) is 0 Å². The summed E-state index contributed by atoms with van der Waals surface area (Å²) in [4.78, 5) is 0. The van der Waals surface area contributed by atoms with E-state index in [0.717, 1.165) is 10.7 Å². The molecule has 0 spiro atoms. The quantitative estimate of drug-likeness (QED) is 0.818. The van der Waals surface area contributed by atoms with Crippen LogP contribution in [0.25, 0.3) is 5.69 Å². The highest BCUT2D eigenvalue weighted by atomic mass is 35.5. The molecular formula is C13H13ClN2S2. The van der Waals surface area contributed by atoms with Crippen LogP contribution in [0.3, 0.4) is 0 Å². The summed E-state index contributed by atoms with van der Waals surface area (Å²) in [6.07, 6.45) is 3.33. The first-order valence-corrected chi connectivity index (χ1v) is 8.35. The zero-order valence-corrected chi connectivity index (χ0v) is 12.1. The van der Waals surface area contributed by atoms with E-state index in [-0.39, 0.29) is 0 Å². The van der Waals surface area contributed by atoms with Gasteiger partial charge in [-0.05, 0) is 48.3 Å². The van der Waals surface area contributed by atoms with Crippen LogP contribution in [0.2, 0.25) is 5.02 Å². The molecule has 0 N–H and O–H groups in total. The molecule has 0 bridgehead atoms. The Morgan fingerprint density at radius 2 is 1.83 bits per heavy atom. The van der Waals surface area contributed by atoms with Crippen LogP contribution < -0.4 is 0 Å². The monoisotopic (exact) mass is 296 g/mol.